The van der Waals surface area contributed by atoms with Gasteiger partial charge >= 0.3 is 0 Å². The molecule has 0 aromatic heterocycles. The molecule has 0 bridgehead atoms. The fourth-order valence-corrected chi connectivity index (χ4v) is 2.65. The summed E-state index contributed by atoms with van der Waals surface area (Å²) in [7, 11) is 1.72. The van der Waals surface area contributed by atoms with Gasteiger partial charge in [0, 0.05) is 32.2 Å². The quantitative estimate of drug-likeness (QED) is 0.901. The molecule has 1 aromatic carbocycles. The molecule has 20 heavy (non-hydrogen) atoms. The molecule has 0 unspecified atom stereocenters. The predicted molar refractivity (Wildman–Crippen MR) is 89.6 cm³/mol. The Morgan fingerprint density at radius 2 is 1.75 bits per heavy atom. The smallest absolute Gasteiger partial charge is 0.118 e. The van der Waals surface area contributed by atoms with Gasteiger partial charge in [0.05, 0.1) is 7.11 Å². The Balaban J connectivity index is 0.00000180. The highest BCUT2D eigenvalue weighted by Gasteiger charge is 2.21. The van der Waals surface area contributed by atoms with E-state index in [0.717, 1.165) is 31.9 Å². The van der Waals surface area contributed by atoms with E-state index in [1.54, 1.807) is 7.11 Å². The zero-order chi connectivity index (χ0) is 12.8. The molecule has 3 nitrogen and oxygen atoms in total. The fourth-order valence-electron chi connectivity index (χ4n) is 2.65. The third kappa shape index (κ3) is 5.13. The van der Waals surface area contributed by atoms with Crippen LogP contribution in [-0.2, 0) is 0 Å². The van der Waals surface area contributed by atoms with Crippen LogP contribution in [0.25, 0.3) is 0 Å². The minimum atomic E-state index is 0. The highest BCUT2D eigenvalue weighted by atomic mass is 35.5. The SMILES string of the molecule is CCC[C@H](c1ccc(OC)cc1)N1CCNCC1.Cl.Cl. The molecule has 0 radical (unpaired) electrons. The van der Waals surface area contributed by atoms with Crippen LogP contribution in [0.1, 0.15) is 31.4 Å². The molecule has 1 heterocycles. The molecule has 1 aliphatic rings. The van der Waals surface area contributed by atoms with Gasteiger partial charge in [-0.05, 0) is 24.1 Å². The summed E-state index contributed by atoms with van der Waals surface area (Å²) in [5, 5.41) is 3.42. The molecule has 1 N–H and O–H groups in total. The number of hydrogen-bond acceptors (Lipinski definition) is 3. The number of ether oxygens (including phenoxy) is 1. The molecule has 1 saturated heterocycles. The average molecular weight is 321 g/mol. The molecule has 0 amide bonds. The average Bonchev–Trinajstić information content (AvgIpc) is 2.46. The summed E-state index contributed by atoms with van der Waals surface area (Å²) < 4.78 is 5.23. The third-order valence-electron chi connectivity index (χ3n) is 3.66. The van der Waals surface area contributed by atoms with Gasteiger partial charge in [-0.15, -0.1) is 24.8 Å². The topological polar surface area (TPSA) is 24.5 Å². The Labute approximate surface area is 134 Å². The van der Waals surface area contributed by atoms with Crippen molar-refractivity contribution in [2.75, 3.05) is 33.3 Å². The maximum Gasteiger partial charge on any atom is 0.118 e. The lowest BCUT2D eigenvalue weighted by molar-refractivity contribution is 0.164. The van der Waals surface area contributed by atoms with Crippen molar-refractivity contribution in [2.45, 2.75) is 25.8 Å². The number of benzene rings is 1. The molecular weight excluding hydrogens is 295 g/mol. The molecule has 1 fully saturated rings. The van der Waals surface area contributed by atoms with E-state index in [1.165, 1.54) is 18.4 Å². The van der Waals surface area contributed by atoms with E-state index < -0.39 is 0 Å². The minimum absolute atomic E-state index is 0. The first-order valence-corrected chi connectivity index (χ1v) is 6.94. The van der Waals surface area contributed by atoms with Gasteiger partial charge in [0.1, 0.15) is 5.75 Å². The van der Waals surface area contributed by atoms with Crippen molar-refractivity contribution in [2.24, 2.45) is 0 Å². The molecule has 1 aromatic rings. The van der Waals surface area contributed by atoms with Gasteiger partial charge in [0.25, 0.3) is 0 Å². The molecule has 1 aliphatic heterocycles. The summed E-state index contributed by atoms with van der Waals surface area (Å²) in [6.07, 6.45) is 2.45. The first kappa shape index (κ1) is 19.5. The molecular formula is C15H26Cl2N2O. The second-order valence-corrected chi connectivity index (χ2v) is 4.86. The van der Waals surface area contributed by atoms with Crippen molar-refractivity contribution in [3.8, 4) is 5.75 Å². The first-order valence-electron chi connectivity index (χ1n) is 6.94. The molecule has 1 atom stereocenters. The van der Waals surface area contributed by atoms with Crippen molar-refractivity contribution >= 4 is 24.8 Å². The second-order valence-electron chi connectivity index (χ2n) is 4.86. The van der Waals surface area contributed by atoms with E-state index in [1.807, 2.05) is 0 Å². The van der Waals surface area contributed by atoms with E-state index >= 15 is 0 Å². The minimum Gasteiger partial charge on any atom is -0.497 e. The summed E-state index contributed by atoms with van der Waals surface area (Å²) >= 11 is 0. The van der Waals surface area contributed by atoms with Crippen molar-refractivity contribution in [3.05, 3.63) is 29.8 Å². The summed E-state index contributed by atoms with van der Waals surface area (Å²) in [4.78, 5) is 2.60. The Morgan fingerprint density at radius 1 is 1.15 bits per heavy atom. The Kier molecular flexibility index (Phi) is 10.0. The summed E-state index contributed by atoms with van der Waals surface area (Å²) in [6.45, 7) is 6.78. The van der Waals surface area contributed by atoms with Crippen molar-refractivity contribution < 1.29 is 4.74 Å². The highest BCUT2D eigenvalue weighted by Crippen LogP contribution is 2.27. The van der Waals surface area contributed by atoms with E-state index in [-0.39, 0.29) is 24.8 Å². The van der Waals surface area contributed by atoms with Crippen LogP contribution in [0.4, 0.5) is 0 Å². The second kappa shape index (κ2) is 10.3. The zero-order valence-corrected chi connectivity index (χ0v) is 13.9. The zero-order valence-electron chi connectivity index (χ0n) is 12.3. The highest BCUT2D eigenvalue weighted by molar-refractivity contribution is 5.85. The van der Waals surface area contributed by atoms with E-state index in [2.05, 4.69) is 41.4 Å². The van der Waals surface area contributed by atoms with Crippen LogP contribution in [-0.4, -0.2) is 38.2 Å². The van der Waals surface area contributed by atoms with Crippen LogP contribution in [0.3, 0.4) is 0 Å². The first-order chi connectivity index (χ1) is 8.85. The van der Waals surface area contributed by atoms with Crippen LogP contribution in [0, 0.1) is 0 Å². The largest absolute Gasteiger partial charge is 0.497 e. The molecule has 0 saturated carbocycles. The predicted octanol–water partition coefficient (Wildman–Crippen LogP) is 3.29. The molecule has 116 valence electrons. The maximum absolute atomic E-state index is 5.23. The lowest BCUT2D eigenvalue weighted by Gasteiger charge is -2.35. The molecule has 2 rings (SSSR count). The summed E-state index contributed by atoms with van der Waals surface area (Å²) in [5.74, 6) is 0.939. The van der Waals surface area contributed by atoms with Gasteiger partial charge in [-0.3, -0.25) is 4.90 Å². The van der Waals surface area contributed by atoms with Gasteiger partial charge in [0.2, 0.25) is 0 Å². The number of hydrogen-bond donors (Lipinski definition) is 1. The van der Waals surface area contributed by atoms with E-state index in [0.29, 0.717) is 6.04 Å². The van der Waals surface area contributed by atoms with Gasteiger partial charge in [0.15, 0.2) is 0 Å². The van der Waals surface area contributed by atoms with Gasteiger partial charge in [-0.1, -0.05) is 25.5 Å². The lowest BCUT2D eigenvalue weighted by atomic mass is 10.00. The van der Waals surface area contributed by atoms with Crippen LogP contribution >= 0.6 is 24.8 Å². The molecule has 0 spiro atoms. The number of halogens is 2. The Morgan fingerprint density at radius 3 is 2.25 bits per heavy atom. The van der Waals surface area contributed by atoms with Crippen molar-refractivity contribution in [3.63, 3.8) is 0 Å². The van der Waals surface area contributed by atoms with Crippen LogP contribution in [0.2, 0.25) is 0 Å². The number of nitrogens with one attached hydrogen (secondary N) is 1. The Bertz CT molecular complexity index is 353. The molecule has 0 aliphatic carbocycles. The normalized spacial score (nSPS) is 16.7. The Hall–Kier alpha value is -0.480. The monoisotopic (exact) mass is 320 g/mol. The number of piperazine rings is 1. The van der Waals surface area contributed by atoms with Gasteiger partial charge in [-0.25, -0.2) is 0 Å². The van der Waals surface area contributed by atoms with E-state index in [9.17, 15) is 0 Å². The van der Waals surface area contributed by atoms with Gasteiger partial charge < -0.3 is 10.1 Å². The maximum atomic E-state index is 5.23. The van der Waals surface area contributed by atoms with Crippen molar-refractivity contribution in [1.82, 2.24) is 10.2 Å². The van der Waals surface area contributed by atoms with Crippen molar-refractivity contribution in [1.29, 1.82) is 0 Å². The van der Waals surface area contributed by atoms with E-state index in [4.69, 9.17) is 4.74 Å². The van der Waals surface area contributed by atoms with Crippen LogP contribution in [0.15, 0.2) is 24.3 Å². The summed E-state index contributed by atoms with van der Waals surface area (Å²) in [5.41, 5.74) is 1.42. The number of rotatable bonds is 5. The standard InChI is InChI=1S/C15H24N2O.2ClH/c1-3-4-15(17-11-9-16-10-12-17)13-5-7-14(18-2)8-6-13;;/h5-8,15-16H,3-4,9-12H2,1-2H3;2*1H/t15-;;/m1../s1. The number of methoxy groups -OCH3 is 1. The lowest BCUT2D eigenvalue weighted by Crippen LogP contribution is -2.45. The van der Waals surface area contributed by atoms with Gasteiger partial charge in [-0.2, -0.15) is 0 Å². The molecule has 5 heteroatoms. The number of nitrogens with zero attached hydrogens (tertiary/aromatic N) is 1. The van der Waals surface area contributed by atoms with Crippen LogP contribution in [0.5, 0.6) is 5.75 Å². The summed E-state index contributed by atoms with van der Waals surface area (Å²) in [6, 6.07) is 9.12. The third-order valence-corrected chi connectivity index (χ3v) is 3.66. The fraction of sp³-hybridized carbons (Fsp3) is 0.600. The van der Waals surface area contributed by atoms with Crippen LogP contribution < -0.4 is 10.1 Å².